The minimum absolute atomic E-state index is 0.256. The molecule has 2 aromatic rings. The van der Waals surface area contributed by atoms with E-state index in [1.165, 1.54) is 0 Å². The van der Waals surface area contributed by atoms with Gasteiger partial charge in [-0.1, -0.05) is 13.0 Å². The zero-order chi connectivity index (χ0) is 12.3. The number of hydrogen-bond donors (Lipinski definition) is 1. The molecule has 0 aliphatic carbocycles. The average molecular weight is 295 g/mol. The summed E-state index contributed by atoms with van der Waals surface area (Å²) < 4.78 is 2.73. The smallest absolute Gasteiger partial charge is 0.158 e. The summed E-state index contributed by atoms with van der Waals surface area (Å²) in [5.74, 6) is 0.867. The van der Waals surface area contributed by atoms with E-state index in [4.69, 9.17) is 0 Å². The van der Waals surface area contributed by atoms with Gasteiger partial charge < -0.3 is 5.32 Å². The maximum atomic E-state index is 4.41. The minimum atomic E-state index is 0.256. The van der Waals surface area contributed by atoms with Gasteiger partial charge in [-0.05, 0) is 35.5 Å². The van der Waals surface area contributed by atoms with Crippen LogP contribution in [0.4, 0.5) is 0 Å². The van der Waals surface area contributed by atoms with E-state index in [9.17, 15) is 0 Å². The lowest BCUT2D eigenvalue weighted by Crippen LogP contribution is -2.20. The van der Waals surface area contributed by atoms with Crippen molar-refractivity contribution < 1.29 is 0 Å². The van der Waals surface area contributed by atoms with Crippen LogP contribution in [0.15, 0.2) is 35.2 Å². The van der Waals surface area contributed by atoms with Crippen LogP contribution >= 0.6 is 15.9 Å². The lowest BCUT2D eigenvalue weighted by Gasteiger charge is -2.15. The molecule has 0 amide bonds. The van der Waals surface area contributed by atoms with Gasteiger partial charge in [-0.15, -0.1) is 0 Å². The van der Waals surface area contributed by atoms with Gasteiger partial charge in [0.05, 0.1) is 10.7 Å². The van der Waals surface area contributed by atoms with Crippen LogP contribution in [0.2, 0.25) is 0 Å². The number of halogens is 1. The molecular weight excluding hydrogens is 280 g/mol. The van der Waals surface area contributed by atoms with Crippen LogP contribution in [0.25, 0.3) is 5.82 Å². The van der Waals surface area contributed by atoms with E-state index in [0.717, 1.165) is 22.4 Å². The molecule has 1 atom stereocenters. The van der Waals surface area contributed by atoms with Crippen LogP contribution in [0.1, 0.15) is 25.5 Å². The Bertz CT molecular complexity index is 495. The standard InChI is InChI=1S/C12H15BrN4/c1-3-14-9(2)11-5-4-6-15-12(11)17-8-10(13)7-16-17/h4-9,14H,3H2,1-2H3. The first-order chi connectivity index (χ1) is 8.22. The molecule has 0 aromatic carbocycles. The summed E-state index contributed by atoms with van der Waals surface area (Å²) in [7, 11) is 0. The van der Waals surface area contributed by atoms with E-state index in [1.54, 1.807) is 17.1 Å². The minimum Gasteiger partial charge on any atom is -0.310 e. The number of nitrogens with one attached hydrogen (secondary N) is 1. The van der Waals surface area contributed by atoms with Crippen molar-refractivity contribution in [1.29, 1.82) is 0 Å². The summed E-state index contributed by atoms with van der Waals surface area (Å²) in [6.07, 6.45) is 5.45. The fraction of sp³-hybridized carbons (Fsp3) is 0.333. The summed E-state index contributed by atoms with van der Waals surface area (Å²) in [5, 5.41) is 7.65. The molecule has 0 saturated heterocycles. The number of nitrogens with zero attached hydrogens (tertiary/aromatic N) is 3. The van der Waals surface area contributed by atoms with Gasteiger partial charge in [0.1, 0.15) is 0 Å². The van der Waals surface area contributed by atoms with Crippen molar-refractivity contribution >= 4 is 15.9 Å². The molecule has 0 spiro atoms. The Morgan fingerprint density at radius 3 is 3.00 bits per heavy atom. The van der Waals surface area contributed by atoms with Crippen LogP contribution in [0, 0.1) is 0 Å². The average Bonchev–Trinajstić information content (AvgIpc) is 2.76. The molecule has 90 valence electrons. The molecule has 1 N–H and O–H groups in total. The quantitative estimate of drug-likeness (QED) is 0.943. The second-order valence-corrected chi connectivity index (χ2v) is 4.71. The predicted octanol–water partition coefficient (Wildman–Crippen LogP) is 2.70. The van der Waals surface area contributed by atoms with Gasteiger partial charge in [-0.25, -0.2) is 9.67 Å². The number of hydrogen-bond acceptors (Lipinski definition) is 3. The van der Waals surface area contributed by atoms with Crippen molar-refractivity contribution in [2.75, 3.05) is 6.54 Å². The third-order valence-electron chi connectivity index (χ3n) is 2.56. The maximum absolute atomic E-state index is 4.41. The number of aromatic nitrogens is 3. The molecule has 5 heteroatoms. The van der Waals surface area contributed by atoms with Crippen molar-refractivity contribution in [1.82, 2.24) is 20.1 Å². The van der Waals surface area contributed by atoms with Crippen LogP contribution in [0.3, 0.4) is 0 Å². The van der Waals surface area contributed by atoms with E-state index >= 15 is 0 Å². The van der Waals surface area contributed by atoms with Gasteiger partial charge in [-0.3, -0.25) is 0 Å². The van der Waals surface area contributed by atoms with Crippen LogP contribution < -0.4 is 5.32 Å². The Labute approximate surface area is 109 Å². The highest BCUT2D eigenvalue weighted by molar-refractivity contribution is 9.10. The van der Waals surface area contributed by atoms with Gasteiger partial charge in [0.2, 0.25) is 0 Å². The monoisotopic (exact) mass is 294 g/mol. The fourth-order valence-corrected chi connectivity index (χ4v) is 2.06. The Morgan fingerprint density at radius 2 is 2.35 bits per heavy atom. The topological polar surface area (TPSA) is 42.7 Å². The highest BCUT2D eigenvalue weighted by Crippen LogP contribution is 2.20. The zero-order valence-electron chi connectivity index (χ0n) is 9.89. The molecule has 2 heterocycles. The van der Waals surface area contributed by atoms with E-state index in [1.807, 2.05) is 12.3 Å². The summed E-state index contributed by atoms with van der Waals surface area (Å²) in [6.45, 7) is 5.15. The van der Waals surface area contributed by atoms with Crippen molar-refractivity contribution in [3.8, 4) is 5.82 Å². The van der Waals surface area contributed by atoms with Crippen molar-refractivity contribution in [2.45, 2.75) is 19.9 Å². The summed E-state index contributed by atoms with van der Waals surface area (Å²) in [6, 6.07) is 4.28. The van der Waals surface area contributed by atoms with Gasteiger partial charge in [0.15, 0.2) is 5.82 Å². The second-order valence-electron chi connectivity index (χ2n) is 3.80. The van der Waals surface area contributed by atoms with Crippen molar-refractivity contribution in [3.05, 3.63) is 40.8 Å². The molecule has 17 heavy (non-hydrogen) atoms. The third kappa shape index (κ3) is 2.73. The van der Waals surface area contributed by atoms with E-state index in [-0.39, 0.29) is 6.04 Å². The summed E-state index contributed by atoms with van der Waals surface area (Å²) in [4.78, 5) is 4.41. The van der Waals surface area contributed by atoms with Gasteiger partial charge in [-0.2, -0.15) is 5.10 Å². The third-order valence-corrected chi connectivity index (χ3v) is 2.97. The summed E-state index contributed by atoms with van der Waals surface area (Å²) in [5.41, 5.74) is 1.14. The van der Waals surface area contributed by atoms with Crippen molar-refractivity contribution in [3.63, 3.8) is 0 Å². The lowest BCUT2D eigenvalue weighted by atomic mass is 10.1. The molecule has 1 unspecified atom stereocenters. The molecule has 0 aliphatic rings. The van der Waals surface area contributed by atoms with E-state index < -0.39 is 0 Å². The highest BCUT2D eigenvalue weighted by Gasteiger charge is 2.12. The van der Waals surface area contributed by atoms with Crippen LogP contribution in [-0.2, 0) is 0 Å². The molecule has 2 rings (SSSR count). The molecule has 0 saturated carbocycles. The predicted molar refractivity (Wildman–Crippen MR) is 71.2 cm³/mol. The molecule has 4 nitrogen and oxygen atoms in total. The highest BCUT2D eigenvalue weighted by atomic mass is 79.9. The van der Waals surface area contributed by atoms with Gasteiger partial charge in [0.25, 0.3) is 0 Å². The molecule has 0 aliphatic heterocycles. The number of rotatable bonds is 4. The Kier molecular flexibility index (Phi) is 3.91. The van der Waals surface area contributed by atoms with Gasteiger partial charge >= 0.3 is 0 Å². The first kappa shape index (κ1) is 12.3. The SMILES string of the molecule is CCNC(C)c1cccnc1-n1cc(Br)cn1. The normalized spacial score (nSPS) is 12.6. The van der Waals surface area contributed by atoms with Gasteiger partial charge in [0, 0.05) is 24.0 Å². The largest absolute Gasteiger partial charge is 0.310 e. The maximum Gasteiger partial charge on any atom is 0.158 e. The summed E-state index contributed by atoms with van der Waals surface area (Å²) >= 11 is 3.40. The first-order valence-electron chi connectivity index (χ1n) is 5.61. The Balaban J connectivity index is 2.40. The van der Waals surface area contributed by atoms with Crippen LogP contribution in [-0.4, -0.2) is 21.3 Å². The molecule has 0 radical (unpaired) electrons. The second kappa shape index (κ2) is 5.42. The van der Waals surface area contributed by atoms with Crippen molar-refractivity contribution in [2.24, 2.45) is 0 Å². The van der Waals surface area contributed by atoms with E-state index in [0.29, 0.717) is 0 Å². The Hall–Kier alpha value is -1.20. The number of pyridine rings is 1. The molecular formula is C12H15BrN4. The first-order valence-corrected chi connectivity index (χ1v) is 6.40. The Morgan fingerprint density at radius 1 is 1.53 bits per heavy atom. The lowest BCUT2D eigenvalue weighted by molar-refractivity contribution is 0.590. The molecule has 0 fully saturated rings. The zero-order valence-corrected chi connectivity index (χ0v) is 11.5. The molecule has 2 aromatic heterocycles. The molecule has 0 bridgehead atoms. The van der Waals surface area contributed by atoms with Crippen LogP contribution in [0.5, 0.6) is 0 Å². The van der Waals surface area contributed by atoms with E-state index in [2.05, 4.69) is 51.2 Å². The fourth-order valence-electron chi connectivity index (χ4n) is 1.77.